The minimum atomic E-state index is -1.41. The van der Waals surface area contributed by atoms with Crippen LogP contribution in [0.15, 0.2) is 59.5 Å². The van der Waals surface area contributed by atoms with Crippen LogP contribution in [0.1, 0.15) is 35.7 Å². The van der Waals surface area contributed by atoms with Gasteiger partial charge in [-0.05, 0) is 49.2 Å². The number of H-pyrrole nitrogens is 1. The highest BCUT2D eigenvalue weighted by Gasteiger charge is 2.30. The van der Waals surface area contributed by atoms with Gasteiger partial charge in [-0.3, -0.25) is 14.6 Å². The topological polar surface area (TPSA) is 95.1 Å². The smallest absolute Gasteiger partial charge is 0.255 e. The van der Waals surface area contributed by atoms with Crippen LogP contribution in [-0.2, 0) is 11.2 Å². The first kappa shape index (κ1) is 23.9. The number of phenolic OH excluding ortho intramolecular Hbond substituents is 1. The summed E-state index contributed by atoms with van der Waals surface area (Å²) in [7, 11) is 0. The third-order valence-corrected chi connectivity index (χ3v) is 5.59. The van der Waals surface area contributed by atoms with Gasteiger partial charge < -0.3 is 15.4 Å². The molecule has 0 unspecified atom stereocenters. The van der Waals surface area contributed by atoms with Crippen molar-refractivity contribution in [3.63, 3.8) is 0 Å². The van der Waals surface area contributed by atoms with Crippen LogP contribution in [0.25, 0.3) is 10.9 Å². The van der Waals surface area contributed by atoms with E-state index in [0.717, 1.165) is 18.3 Å². The second-order valence-corrected chi connectivity index (χ2v) is 8.05. The highest BCUT2D eigenvalue weighted by Crippen LogP contribution is 2.28. The maximum absolute atomic E-state index is 15.5. The molecule has 35 heavy (non-hydrogen) atoms. The fourth-order valence-corrected chi connectivity index (χ4v) is 3.87. The summed E-state index contributed by atoms with van der Waals surface area (Å²) in [5.41, 5.74) is -1.14. The van der Waals surface area contributed by atoms with Crippen LogP contribution in [0.3, 0.4) is 0 Å². The molecule has 0 spiro atoms. The van der Waals surface area contributed by atoms with Crippen molar-refractivity contribution in [2.75, 3.05) is 0 Å². The molecule has 2 aromatic heterocycles. The van der Waals surface area contributed by atoms with Gasteiger partial charge in [0.15, 0.2) is 0 Å². The molecule has 6 nitrogen and oxygen atoms in total. The summed E-state index contributed by atoms with van der Waals surface area (Å²) in [4.78, 5) is 32.3. The zero-order valence-corrected chi connectivity index (χ0v) is 18.3. The maximum atomic E-state index is 15.5. The van der Waals surface area contributed by atoms with E-state index in [1.807, 2.05) is 0 Å². The number of carbonyl (C=O) groups excluding carboxylic acids is 1. The fraction of sp³-hybridized carbons (Fsp3) is 0.160. The summed E-state index contributed by atoms with van der Waals surface area (Å²) < 4.78 is 56.7. The lowest BCUT2D eigenvalue weighted by Crippen LogP contribution is -2.36. The Hall–Kier alpha value is -4.21. The van der Waals surface area contributed by atoms with Gasteiger partial charge >= 0.3 is 0 Å². The molecule has 2 heterocycles. The Morgan fingerprint density at radius 1 is 1.06 bits per heavy atom. The van der Waals surface area contributed by atoms with E-state index in [1.165, 1.54) is 37.3 Å². The number of pyridine rings is 2. The maximum Gasteiger partial charge on any atom is 0.255 e. The molecule has 0 bridgehead atoms. The monoisotopic (exact) mass is 485 g/mol. The molecule has 2 aromatic carbocycles. The summed E-state index contributed by atoms with van der Waals surface area (Å²) >= 11 is 0. The van der Waals surface area contributed by atoms with Crippen molar-refractivity contribution < 1.29 is 27.5 Å². The van der Waals surface area contributed by atoms with Crippen molar-refractivity contribution in [3.8, 4) is 5.75 Å². The van der Waals surface area contributed by atoms with Gasteiger partial charge in [0.25, 0.3) is 5.56 Å². The molecular formula is C25H19F4N3O3. The molecule has 3 N–H and O–H groups in total. The summed E-state index contributed by atoms with van der Waals surface area (Å²) in [6.07, 6.45) is 0.621. The molecule has 2 atom stereocenters. The van der Waals surface area contributed by atoms with Crippen molar-refractivity contribution in [2.45, 2.75) is 25.3 Å². The lowest BCUT2D eigenvalue weighted by Gasteiger charge is -2.21. The number of halogens is 4. The van der Waals surface area contributed by atoms with Crippen molar-refractivity contribution in [1.82, 2.24) is 15.3 Å². The molecule has 10 heteroatoms. The fourth-order valence-electron chi connectivity index (χ4n) is 3.87. The Labute approximate surface area is 196 Å². The van der Waals surface area contributed by atoms with E-state index in [-0.39, 0.29) is 28.8 Å². The lowest BCUT2D eigenvalue weighted by molar-refractivity contribution is -0.123. The van der Waals surface area contributed by atoms with E-state index in [9.17, 15) is 27.9 Å². The molecule has 1 amide bonds. The number of hydrogen-bond acceptors (Lipinski definition) is 4. The summed E-state index contributed by atoms with van der Waals surface area (Å²) in [6, 6.07) is 8.44. The summed E-state index contributed by atoms with van der Waals surface area (Å²) in [5, 5.41) is 11.8. The molecule has 0 saturated carbocycles. The largest absolute Gasteiger partial charge is 0.508 e. The molecule has 0 aliphatic heterocycles. The predicted molar refractivity (Wildman–Crippen MR) is 120 cm³/mol. The number of benzene rings is 2. The number of nitrogens with zero attached hydrogens (tertiary/aromatic N) is 1. The highest BCUT2D eigenvalue weighted by molar-refractivity contribution is 5.87. The van der Waals surface area contributed by atoms with E-state index >= 15 is 4.39 Å². The molecule has 4 aromatic rings. The lowest BCUT2D eigenvalue weighted by atomic mass is 9.90. The molecule has 0 aliphatic rings. The number of fused-ring (bicyclic) bond motifs is 1. The van der Waals surface area contributed by atoms with Gasteiger partial charge in [-0.1, -0.05) is 12.1 Å². The van der Waals surface area contributed by atoms with Gasteiger partial charge in [0.2, 0.25) is 5.91 Å². The Bertz CT molecular complexity index is 1470. The van der Waals surface area contributed by atoms with Gasteiger partial charge in [0, 0.05) is 11.5 Å². The number of nitrogens with one attached hydrogen (secondary N) is 2. The minimum Gasteiger partial charge on any atom is -0.508 e. The van der Waals surface area contributed by atoms with Gasteiger partial charge in [-0.2, -0.15) is 0 Å². The van der Waals surface area contributed by atoms with Crippen LogP contribution in [-0.4, -0.2) is 21.0 Å². The molecule has 180 valence electrons. The standard InChI is InChI=1S/C25H19F4N3O3/c1-12(23-19(28)10-15(27)11-30-23)31-24(34)18(8-13-2-5-16(33)6-3-13)21-22(29)17-9-14(26)4-7-20(17)32-25(21)35/h2-7,9-12,18,33H,8H2,1H3,(H,31,34)(H,32,35)/t12-,18+/m1/s1. The minimum absolute atomic E-state index is 0.0357. The SMILES string of the molecule is C[C@@H](NC(=O)[C@@H](Cc1ccc(O)cc1)c1c(F)c2cc(F)ccc2[nH]c1=O)c1ncc(F)cc1F. The third kappa shape index (κ3) is 5.01. The Balaban J connectivity index is 1.77. The van der Waals surface area contributed by atoms with E-state index in [1.54, 1.807) is 0 Å². The molecule has 4 rings (SSSR count). The normalized spacial score (nSPS) is 12.9. The van der Waals surface area contributed by atoms with Crippen LogP contribution in [0.4, 0.5) is 17.6 Å². The molecular weight excluding hydrogens is 466 g/mol. The van der Waals surface area contributed by atoms with Crippen LogP contribution >= 0.6 is 0 Å². The predicted octanol–water partition coefficient (Wildman–Crippen LogP) is 4.39. The highest BCUT2D eigenvalue weighted by atomic mass is 19.1. The number of rotatable bonds is 6. The first-order chi connectivity index (χ1) is 16.6. The van der Waals surface area contributed by atoms with E-state index in [2.05, 4.69) is 15.3 Å². The first-order valence-corrected chi connectivity index (χ1v) is 10.5. The quantitative estimate of drug-likeness (QED) is 0.353. The van der Waals surface area contributed by atoms with Crippen molar-refractivity contribution in [2.24, 2.45) is 0 Å². The van der Waals surface area contributed by atoms with Gasteiger partial charge in [-0.15, -0.1) is 0 Å². The number of carbonyl (C=O) groups is 1. The second kappa shape index (κ2) is 9.57. The summed E-state index contributed by atoms with van der Waals surface area (Å²) in [6.45, 7) is 1.40. The number of aromatic amines is 1. The van der Waals surface area contributed by atoms with E-state index in [4.69, 9.17) is 0 Å². The molecule has 0 saturated heterocycles. The third-order valence-electron chi connectivity index (χ3n) is 5.59. The zero-order valence-electron chi connectivity index (χ0n) is 18.3. The van der Waals surface area contributed by atoms with Crippen molar-refractivity contribution in [3.05, 3.63) is 105 Å². The number of aromatic nitrogens is 2. The zero-order chi connectivity index (χ0) is 25.3. The van der Waals surface area contributed by atoms with E-state index in [0.29, 0.717) is 11.6 Å². The average molecular weight is 485 g/mol. The van der Waals surface area contributed by atoms with Crippen molar-refractivity contribution >= 4 is 16.8 Å². The van der Waals surface area contributed by atoms with Crippen LogP contribution in [0, 0.1) is 23.3 Å². The number of amides is 1. The molecule has 0 fully saturated rings. The van der Waals surface area contributed by atoms with Gasteiger partial charge in [0.1, 0.15) is 29.0 Å². The van der Waals surface area contributed by atoms with Crippen LogP contribution < -0.4 is 10.9 Å². The van der Waals surface area contributed by atoms with Crippen LogP contribution in [0.5, 0.6) is 5.75 Å². The summed E-state index contributed by atoms with van der Waals surface area (Å²) in [5.74, 6) is -5.98. The van der Waals surface area contributed by atoms with Crippen LogP contribution in [0.2, 0.25) is 0 Å². The number of hydrogen-bond donors (Lipinski definition) is 3. The number of phenols is 1. The van der Waals surface area contributed by atoms with Gasteiger partial charge in [0.05, 0.1) is 34.9 Å². The first-order valence-electron chi connectivity index (χ1n) is 10.5. The molecule has 0 aliphatic carbocycles. The number of aromatic hydroxyl groups is 1. The Morgan fingerprint density at radius 3 is 2.46 bits per heavy atom. The van der Waals surface area contributed by atoms with Crippen molar-refractivity contribution in [1.29, 1.82) is 0 Å². The Kier molecular flexibility index (Phi) is 6.54. The second-order valence-electron chi connectivity index (χ2n) is 8.05. The average Bonchev–Trinajstić information content (AvgIpc) is 2.80. The Morgan fingerprint density at radius 2 is 1.77 bits per heavy atom. The van der Waals surface area contributed by atoms with Gasteiger partial charge in [-0.25, -0.2) is 17.6 Å². The van der Waals surface area contributed by atoms with E-state index < -0.39 is 52.3 Å². The molecule has 0 radical (unpaired) electrons.